The molecule has 1 aromatic rings. The number of carbonyl (C=O) groups is 1. The molecule has 0 aliphatic carbocycles. The van der Waals surface area contributed by atoms with Gasteiger partial charge < -0.3 is 20.5 Å². The first-order valence-corrected chi connectivity index (χ1v) is 7.69. The van der Waals surface area contributed by atoms with Crippen LogP contribution < -0.4 is 11.1 Å². The number of carbonyl (C=O) groups excluding carboxylic acids is 1. The average molecular weight is 436 g/mol. The van der Waals surface area contributed by atoms with Crippen molar-refractivity contribution < 1.29 is 9.32 Å². The Morgan fingerprint density at radius 3 is 2.96 bits per heavy atom. The number of hydrogen-bond donors (Lipinski definition) is 2. The van der Waals surface area contributed by atoms with Crippen LogP contribution in [-0.2, 0) is 11.3 Å². The second-order valence-corrected chi connectivity index (χ2v) is 5.52. The minimum Gasteiger partial charge on any atom is -0.370 e. The average Bonchev–Trinajstić information content (AvgIpc) is 2.88. The van der Waals surface area contributed by atoms with Gasteiger partial charge in [-0.15, -0.1) is 24.0 Å². The van der Waals surface area contributed by atoms with Crippen LogP contribution in [-0.4, -0.2) is 46.5 Å². The lowest BCUT2D eigenvalue weighted by molar-refractivity contribution is -0.119. The molecule has 1 aliphatic heterocycles. The molecular weight excluding hydrogens is 411 g/mol. The summed E-state index contributed by atoms with van der Waals surface area (Å²) < 4.78 is 4.95. The summed E-state index contributed by atoms with van der Waals surface area (Å²) in [7, 11) is 0. The largest absolute Gasteiger partial charge is 0.370 e. The Hall–Kier alpha value is -1.39. The first kappa shape index (κ1) is 19.7. The van der Waals surface area contributed by atoms with E-state index in [1.54, 1.807) is 6.92 Å². The molecule has 0 spiro atoms. The van der Waals surface area contributed by atoms with Gasteiger partial charge >= 0.3 is 0 Å². The minimum absolute atomic E-state index is 0. The summed E-state index contributed by atoms with van der Waals surface area (Å²) in [4.78, 5) is 22.0. The molecule has 1 aliphatic rings. The van der Waals surface area contributed by atoms with Gasteiger partial charge in [-0.2, -0.15) is 4.98 Å². The van der Waals surface area contributed by atoms with Crippen molar-refractivity contribution in [3.8, 4) is 0 Å². The number of halogens is 1. The predicted octanol–water partition coefficient (Wildman–Crippen LogP) is 1.05. The van der Waals surface area contributed by atoms with Crippen LogP contribution in [0.3, 0.4) is 0 Å². The molecule has 1 saturated heterocycles. The highest BCUT2D eigenvalue weighted by molar-refractivity contribution is 14.0. The van der Waals surface area contributed by atoms with Gasteiger partial charge in [-0.1, -0.05) is 5.16 Å². The van der Waals surface area contributed by atoms with Crippen LogP contribution in [0.25, 0.3) is 0 Å². The SMILES string of the molecule is CCNC(=NCc1noc(C)n1)N1CCCC(CC(N)=O)C1.I. The van der Waals surface area contributed by atoms with E-state index in [1.807, 2.05) is 6.92 Å². The van der Waals surface area contributed by atoms with E-state index in [4.69, 9.17) is 10.3 Å². The lowest BCUT2D eigenvalue weighted by Gasteiger charge is -2.34. The van der Waals surface area contributed by atoms with Gasteiger partial charge in [0.05, 0.1) is 0 Å². The fourth-order valence-electron chi connectivity index (χ4n) is 2.69. The fraction of sp³-hybridized carbons (Fsp3) is 0.714. The van der Waals surface area contributed by atoms with E-state index in [-0.39, 0.29) is 29.9 Å². The Morgan fingerprint density at radius 2 is 2.35 bits per heavy atom. The van der Waals surface area contributed by atoms with Gasteiger partial charge in [0.15, 0.2) is 11.8 Å². The van der Waals surface area contributed by atoms with Crippen molar-refractivity contribution in [1.29, 1.82) is 0 Å². The summed E-state index contributed by atoms with van der Waals surface area (Å²) in [5.74, 6) is 1.98. The van der Waals surface area contributed by atoms with Crippen LogP contribution >= 0.6 is 24.0 Å². The molecule has 1 amide bonds. The summed E-state index contributed by atoms with van der Waals surface area (Å²) in [5.41, 5.74) is 5.31. The van der Waals surface area contributed by atoms with Crippen molar-refractivity contribution in [2.75, 3.05) is 19.6 Å². The third kappa shape index (κ3) is 6.32. The number of primary amides is 1. The molecule has 2 rings (SSSR count). The number of nitrogens with one attached hydrogen (secondary N) is 1. The van der Waals surface area contributed by atoms with E-state index >= 15 is 0 Å². The zero-order chi connectivity index (χ0) is 15.9. The Balaban J connectivity index is 0.00000264. The number of guanidine groups is 1. The van der Waals surface area contributed by atoms with Crippen LogP contribution in [0.5, 0.6) is 0 Å². The smallest absolute Gasteiger partial charge is 0.223 e. The van der Waals surface area contributed by atoms with Crippen molar-refractivity contribution in [2.45, 2.75) is 39.7 Å². The number of likely N-dealkylation sites (tertiary alicyclic amines) is 1. The van der Waals surface area contributed by atoms with Gasteiger partial charge in [0.1, 0.15) is 6.54 Å². The first-order valence-electron chi connectivity index (χ1n) is 7.69. The maximum absolute atomic E-state index is 11.1. The number of nitrogens with two attached hydrogens (primary N) is 1. The van der Waals surface area contributed by atoms with E-state index < -0.39 is 0 Å². The van der Waals surface area contributed by atoms with Crippen LogP contribution in [0.1, 0.15) is 37.9 Å². The number of aromatic nitrogens is 2. The molecular formula is C14H25IN6O2. The summed E-state index contributed by atoms with van der Waals surface area (Å²) in [6.07, 6.45) is 2.49. The van der Waals surface area contributed by atoms with Gasteiger partial charge in [-0.05, 0) is 25.7 Å². The standard InChI is InChI=1S/C14H24N6O2.HI/c1-3-16-14(17-8-13-18-10(2)22-19-13)20-6-4-5-11(9-20)7-12(15)21;/h11H,3-9H2,1-2H3,(H2,15,21)(H,16,17);1H. The third-order valence-corrected chi connectivity index (χ3v) is 3.58. The van der Waals surface area contributed by atoms with Crippen molar-refractivity contribution in [3.63, 3.8) is 0 Å². The highest BCUT2D eigenvalue weighted by atomic mass is 127. The third-order valence-electron chi connectivity index (χ3n) is 3.58. The maximum Gasteiger partial charge on any atom is 0.223 e. The summed E-state index contributed by atoms with van der Waals surface area (Å²) in [6, 6.07) is 0. The molecule has 8 nitrogen and oxygen atoms in total. The molecule has 1 fully saturated rings. The lowest BCUT2D eigenvalue weighted by atomic mass is 9.95. The number of aryl methyl sites for hydroxylation is 1. The fourth-order valence-corrected chi connectivity index (χ4v) is 2.69. The first-order chi connectivity index (χ1) is 10.6. The van der Waals surface area contributed by atoms with Gasteiger partial charge in [0.25, 0.3) is 0 Å². The van der Waals surface area contributed by atoms with Gasteiger partial charge in [0, 0.05) is 33.0 Å². The number of rotatable bonds is 5. The van der Waals surface area contributed by atoms with Gasteiger partial charge in [-0.25, -0.2) is 4.99 Å². The highest BCUT2D eigenvalue weighted by Gasteiger charge is 2.23. The quantitative estimate of drug-likeness (QED) is 0.406. The number of piperidine rings is 1. The van der Waals surface area contributed by atoms with Gasteiger partial charge in [0.2, 0.25) is 11.8 Å². The number of amides is 1. The van der Waals surface area contributed by atoms with Crippen LogP contribution in [0, 0.1) is 12.8 Å². The molecule has 130 valence electrons. The highest BCUT2D eigenvalue weighted by Crippen LogP contribution is 2.19. The molecule has 1 aromatic heterocycles. The van der Waals surface area contributed by atoms with Crippen molar-refractivity contribution in [2.24, 2.45) is 16.6 Å². The number of aliphatic imine (C=N–C) groups is 1. The molecule has 0 aromatic carbocycles. The predicted molar refractivity (Wildman–Crippen MR) is 97.4 cm³/mol. The van der Waals surface area contributed by atoms with E-state index in [0.717, 1.165) is 38.4 Å². The number of hydrogen-bond acceptors (Lipinski definition) is 5. The summed E-state index contributed by atoms with van der Waals surface area (Å²) in [6.45, 7) is 6.65. The molecule has 0 bridgehead atoms. The normalized spacial score (nSPS) is 18.4. The topological polar surface area (TPSA) is 110 Å². The maximum atomic E-state index is 11.1. The Bertz CT molecular complexity index is 533. The van der Waals surface area contributed by atoms with Gasteiger partial charge in [-0.3, -0.25) is 4.79 Å². The zero-order valence-corrected chi connectivity index (χ0v) is 15.9. The number of nitrogens with zero attached hydrogens (tertiary/aromatic N) is 4. The van der Waals surface area contributed by atoms with Crippen molar-refractivity contribution in [1.82, 2.24) is 20.4 Å². The molecule has 2 heterocycles. The minimum atomic E-state index is -0.240. The zero-order valence-electron chi connectivity index (χ0n) is 13.6. The second kappa shape index (κ2) is 9.68. The Morgan fingerprint density at radius 1 is 1.57 bits per heavy atom. The molecule has 3 N–H and O–H groups in total. The Labute approximate surface area is 153 Å². The Kier molecular flexibility index (Phi) is 8.28. The van der Waals surface area contributed by atoms with E-state index in [0.29, 0.717) is 30.6 Å². The molecule has 0 radical (unpaired) electrons. The molecule has 1 atom stereocenters. The van der Waals surface area contributed by atoms with Crippen LogP contribution in [0.15, 0.2) is 9.52 Å². The van der Waals surface area contributed by atoms with E-state index in [2.05, 4.69) is 25.3 Å². The molecule has 1 unspecified atom stereocenters. The monoisotopic (exact) mass is 436 g/mol. The van der Waals surface area contributed by atoms with Crippen LogP contribution in [0.4, 0.5) is 0 Å². The van der Waals surface area contributed by atoms with Crippen molar-refractivity contribution in [3.05, 3.63) is 11.7 Å². The van der Waals surface area contributed by atoms with E-state index in [1.165, 1.54) is 0 Å². The summed E-state index contributed by atoms with van der Waals surface area (Å²) >= 11 is 0. The van der Waals surface area contributed by atoms with Crippen LogP contribution in [0.2, 0.25) is 0 Å². The summed E-state index contributed by atoms with van der Waals surface area (Å²) in [5, 5.41) is 7.12. The second-order valence-electron chi connectivity index (χ2n) is 5.52. The van der Waals surface area contributed by atoms with Crippen molar-refractivity contribution >= 4 is 35.8 Å². The molecule has 0 saturated carbocycles. The molecule has 9 heteroatoms. The van der Waals surface area contributed by atoms with E-state index in [9.17, 15) is 4.79 Å². The molecule has 23 heavy (non-hydrogen) atoms. The lowest BCUT2D eigenvalue weighted by Crippen LogP contribution is -2.47.